The van der Waals surface area contributed by atoms with Gasteiger partial charge in [0.05, 0.1) is 17.4 Å². The molecule has 6 nitrogen and oxygen atoms in total. The van der Waals surface area contributed by atoms with E-state index in [-0.39, 0.29) is 24.2 Å². The van der Waals surface area contributed by atoms with Crippen LogP contribution in [0.1, 0.15) is 24.4 Å². The fourth-order valence-corrected chi connectivity index (χ4v) is 2.64. The number of nitrogens with one attached hydrogen (secondary N) is 1. The normalized spacial score (nSPS) is 15.8. The molecular formula is C19H20N2O4. The van der Waals surface area contributed by atoms with Gasteiger partial charge in [0.25, 0.3) is 5.91 Å². The number of anilines is 2. The van der Waals surface area contributed by atoms with Gasteiger partial charge in [0.15, 0.2) is 5.76 Å². The minimum Gasteiger partial charge on any atom is -0.490 e. The lowest BCUT2D eigenvalue weighted by Gasteiger charge is -2.27. The Hall–Kier alpha value is -3.02. The maximum atomic E-state index is 12.8. The molecule has 0 fully saturated rings. The maximum Gasteiger partial charge on any atom is 0.291 e. The first-order valence-corrected chi connectivity index (χ1v) is 7.97. The number of carbonyl (C=O) groups is 2. The van der Waals surface area contributed by atoms with Gasteiger partial charge >= 0.3 is 0 Å². The lowest BCUT2D eigenvalue weighted by atomic mass is 9.93. The molecule has 0 saturated carbocycles. The fourth-order valence-electron chi connectivity index (χ4n) is 2.64. The number of hydrogen-bond acceptors (Lipinski definition) is 4. The average molecular weight is 340 g/mol. The summed E-state index contributed by atoms with van der Waals surface area (Å²) in [4.78, 5) is 26.5. The van der Waals surface area contributed by atoms with Gasteiger partial charge in [0.2, 0.25) is 5.91 Å². The van der Waals surface area contributed by atoms with Crippen LogP contribution in [0.5, 0.6) is 5.75 Å². The summed E-state index contributed by atoms with van der Waals surface area (Å²) in [5.41, 5.74) is 0.567. The zero-order chi connectivity index (χ0) is 18.0. The van der Waals surface area contributed by atoms with Crippen molar-refractivity contribution in [3.05, 3.63) is 55.0 Å². The summed E-state index contributed by atoms with van der Waals surface area (Å²) in [7, 11) is 0. The molecule has 2 amide bonds. The molecule has 1 aromatic carbocycles. The third-order valence-corrected chi connectivity index (χ3v) is 3.98. The second kappa shape index (κ2) is 6.47. The molecule has 6 heteroatoms. The first-order chi connectivity index (χ1) is 11.9. The van der Waals surface area contributed by atoms with Gasteiger partial charge in [-0.05, 0) is 38.1 Å². The van der Waals surface area contributed by atoms with Crippen LogP contribution < -0.4 is 15.0 Å². The topological polar surface area (TPSA) is 71.8 Å². The van der Waals surface area contributed by atoms with E-state index in [4.69, 9.17) is 9.15 Å². The van der Waals surface area contributed by atoms with Gasteiger partial charge in [0.1, 0.15) is 12.4 Å². The Morgan fingerprint density at radius 2 is 2.20 bits per heavy atom. The fraction of sp³-hybridized carbons (Fsp3) is 0.263. The number of hydrogen-bond donors (Lipinski definition) is 1. The summed E-state index contributed by atoms with van der Waals surface area (Å²) in [6, 6.07) is 8.43. The van der Waals surface area contributed by atoms with Crippen molar-refractivity contribution in [1.82, 2.24) is 0 Å². The summed E-state index contributed by atoms with van der Waals surface area (Å²) in [5, 5.41) is 2.76. The van der Waals surface area contributed by atoms with E-state index >= 15 is 0 Å². The second-order valence-corrected chi connectivity index (χ2v) is 6.49. The molecule has 0 saturated heterocycles. The molecule has 130 valence electrons. The van der Waals surface area contributed by atoms with Gasteiger partial charge in [-0.3, -0.25) is 9.59 Å². The lowest BCUT2D eigenvalue weighted by Crippen LogP contribution is -2.42. The Kier molecular flexibility index (Phi) is 4.35. The van der Waals surface area contributed by atoms with Gasteiger partial charge in [0, 0.05) is 18.3 Å². The lowest BCUT2D eigenvalue weighted by molar-refractivity contribution is -0.127. The Morgan fingerprint density at radius 3 is 2.88 bits per heavy atom. The van der Waals surface area contributed by atoms with Crippen molar-refractivity contribution >= 4 is 23.2 Å². The summed E-state index contributed by atoms with van der Waals surface area (Å²) in [6.07, 6.45) is 3.12. The molecule has 0 unspecified atom stereocenters. The van der Waals surface area contributed by atoms with Gasteiger partial charge in [-0.25, -0.2) is 0 Å². The number of benzene rings is 1. The molecule has 0 spiro atoms. The molecule has 2 heterocycles. The van der Waals surface area contributed by atoms with Crippen LogP contribution in [-0.2, 0) is 4.79 Å². The number of furan rings is 1. The van der Waals surface area contributed by atoms with E-state index in [1.54, 1.807) is 41.3 Å². The van der Waals surface area contributed by atoms with Gasteiger partial charge in [-0.15, -0.1) is 6.58 Å². The predicted octanol–water partition coefficient (Wildman–Crippen LogP) is 3.47. The molecule has 0 aliphatic carbocycles. The van der Waals surface area contributed by atoms with Crippen LogP contribution in [0.15, 0.2) is 53.7 Å². The SMILES string of the molecule is C=CCN1C(=O)C(C)(C)COc2cc(NC(=O)c3ccco3)ccc21. The zero-order valence-corrected chi connectivity index (χ0v) is 14.2. The Bertz CT molecular complexity index is 809. The number of amides is 2. The molecule has 1 N–H and O–H groups in total. The number of ether oxygens (including phenoxy) is 1. The predicted molar refractivity (Wildman–Crippen MR) is 94.9 cm³/mol. The van der Waals surface area contributed by atoms with Crippen LogP contribution in [-0.4, -0.2) is 25.0 Å². The summed E-state index contributed by atoms with van der Waals surface area (Å²) in [6.45, 7) is 8.05. The first kappa shape index (κ1) is 16.8. The Labute approximate surface area is 146 Å². The smallest absolute Gasteiger partial charge is 0.291 e. The number of carbonyl (C=O) groups excluding carboxylic acids is 2. The third kappa shape index (κ3) is 3.28. The number of nitrogens with zero attached hydrogens (tertiary/aromatic N) is 1. The number of rotatable bonds is 4. The summed E-state index contributed by atoms with van der Waals surface area (Å²) in [5.74, 6) is 0.384. The highest BCUT2D eigenvalue weighted by Gasteiger charge is 2.37. The van der Waals surface area contributed by atoms with Crippen LogP contribution in [0.2, 0.25) is 0 Å². The zero-order valence-electron chi connectivity index (χ0n) is 14.2. The van der Waals surface area contributed by atoms with E-state index in [0.717, 1.165) is 0 Å². The van der Waals surface area contributed by atoms with E-state index in [0.29, 0.717) is 23.7 Å². The van der Waals surface area contributed by atoms with E-state index in [9.17, 15) is 9.59 Å². The highest BCUT2D eigenvalue weighted by atomic mass is 16.5. The average Bonchev–Trinajstić information content (AvgIpc) is 3.10. The van der Waals surface area contributed by atoms with Gasteiger partial charge in [-0.1, -0.05) is 6.08 Å². The molecule has 1 aromatic heterocycles. The van der Waals surface area contributed by atoms with Crippen molar-refractivity contribution in [3.8, 4) is 5.75 Å². The van der Waals surface area contributed by atoms with Crippen molar-refractivity contribution in [3.63, 3.8) is 0 Å². The summed E-state index contributed by atoms with van der Waals surface area (Å²) >= 11 is 0. The highest BCUT2D eigenvalue weighted by molar-refractivity contribution is 6.03. The molecule has 0 radical (unpaired) electrons. The number of fused-ring (bicyclic) bond motifs is 1. The van der Waals surface area contributed by atoms with Crippen LogP contribution in [0.25, 0.3) is 0 Å². The van der Waals surface area contributed by atoms with Crippen molar-refractivity contribution < 1.29 is 18.7 Å². The van der Waals surface area contributed by atoms with Crippen LogP contribution >= 0.6 is 0 Å². The van der Waals surface area contributed by atoms with Crippen molar-refractivity contribution in [2.24, 2.45) is 5.41 Å². The van der Waals surface area contributed by atoms with Crippen LogP contribution in [0, 0.1) is 5.41 Å². The summed E-state index contributed by atoms with van der Waals surface area (Å²) < 4.78 is 10.9. The maximum absolute atomic E-state index is 12.8. The molecule has 0 bridgehead atoms. The Balaban J connectivity index is 1.91. The largest absolute Gasteiger partial charge is 0.490 e. The Morgan fingerprint density at radius 1 is 1.40 bits per heavy atom. The van der Waals surface area contributed by atoms with Crippen LogP contribution in [0.3, 0.4) is 0 Å². The van der Waals surface area contributed by atoms with Gasteiger partial charge in [-0.2, -0.15) is 0 Å². The second-order valence-electron chi connectivity index (χ2n) is 6.49. The monoisotopic (exact) mass is 340 g/mol. The minimum atomic E-state index is -0.653. The van der Waals surface area contributed by atoms with Crippen molar-refractivity contribution in [1.29, 1.82) is 0 Å². The van der Waals surface area contributed by atoms with Crippen molar-refractivity contribution in [2.45, 2.75) is 13.8 Å². The van der Waals surface area contributed by atoms with E-state index in [2.05, 4.69) is 11.9 Å². The van der Waals surface area contributed by atoms with Gasteiger partial charge < -0.3 is 19.4 Å². The minimum absolute atomic E-state index is 0.0291. The molecular weight excluding hydrogens is 320 g/mol. The molecule has 25 heavy (non-hydrogen) atoms. The van der Waals surface area contributed by atoms with E-state index in [1.165, 1.54) is 6.26 Å². The quantitative estimate of drug-likeness (QED) is 0.865. The standard InChI is InChI=1S/C19H20N2O4/c1-4-9-21-14-8-7-13(20-17(22)15-6-5-10-24-15)11-16(14)25-12-19(2,3)18(21)23/h4-8,10-11H,1,9,12H2,2-3H3,(H,20,22). The first-order valence-electron chi connectivity index (χ1n) is 7.97. The molecule has 0 atom stereocenters. The molecule has 2 aromatic rings. The third-order valence-electron chi connectivity index (χ3n) is 3.98. The molecule has 1 aliphatic heterocycles. The van der Waals surface area contributed by atoms with Crippen LogP contribution in [0.4, 0.5) is 11.4 Å². The highest BCUT2D eigenvalue weighted by Crippen LogP contribution is 2.38. The van der Waals surface area contributed by atoms with E-state index < -0.39 is 5.41 Å². The molecule has 1 aliphatic rings. The van der Waals surface area contributed by atoms with E-state index in [1.807, 2.05) is 13.8 Å². The van der Waals surface area contributed by atoms with Crippen molar-refractivity contribution in [2.75, 3.05) is 23.4 Å². The molecule has 3 rings (SSSR count).